The Kier molecular flexibility index (Phi) is 16.7. The second kappa shape index (κ2) is 14.0. The number of nitrogens with zero attached hydrogens (tertiary/aromatic N) is 2. The molecule has 0 bridgehead atoms. The van der Waals surface area contributed by atoms with Crippen molar-refractivity contribution in [3.8, 4) is 0 Å². The second-order valence-electron chi connectivity index (χ2n) is 3.82. The first-order valence-corrected chi connectivity index (χ1v) is 7.88. The normalized spacial score (nSPS) is 13.3. The van der Waals surface area contributed by atoms with Crippen LogP contribution in [0.15, 0.2) is 0 Å². The molecular weight excluding hydrogens is 535 g/mol. The van der Waals surface area contributed by atoms with E-state index in [0.717, 1.165) is 0 Å². The van der Waals surface area contributed by atoms with Gasteiger partial charge in [0, 0.05) is 36.2 Å². The van der Waals surface area contributed by atoms with Gasteiger partial charge < -0.3 is 5.26 Å². The summed E-state index contributed by atoms with van der Waals surface area (Å²) in [6.45, 7) is -2.55. The molecule has 0 spiro atoms. The molecule has 28 heavy (non-hydrogen) atoms. The van der Waals surface area contributed by atoms with Gasteiger partial charge in [0.05, 0.1) is 0 Å². The summed E-state index contributed by atoms with van der Waals surface area (Å²) in [6, 6.07) is 0. The van der Waals surface area contributed by atoms with Crippen molar-refractivity contribution in [3.05, 3.63) is 0 Å². The summed E-state index contributed by atoms with van der Waals surface area (Å²) in [5.41, 5.74) is 0. The van der Waals surface area contributed by atoms with Crippen molar-refractivity contribution < 1.29 is 96.9 Å². The van der Waals surface area contributed by atoms with Crippen LogP contribution >= 0.6 is 28.0 Å². The van der Waals surface area contributed by atoms with Gasteiger partial charge in [-0.1, -0.05) is 15.9 Å². The number of hydrogen-bond acceptors (Lipinski definition) is 6. The zero-order chi connectivity index (χ0) is 22.1. The van der Waals surface area contributed by atoms with Gasteiger partial charge in [-0.2, -0.15) is 57.0 Å². The Morgan fingerprint density at radius 3 is 1.25 bits per heavy atom. The second-order valence-corrected chi connectivity index (χ2v) is 5.39. The maximum absolute atomic E-state index is 11.8. The molecule has 20 heteroatoms. The summed E-state index contributed by atoms with van der Waals surface area (Å²) in [5.74, 6) is -0.735. The van der Waals surface area contributed by atoms with Crippen molar-refractivity contribution in [1.29, 1.82) is 0 Å². The molecule has 0 radical (unpaired) electrons. The van der Waals surface area contributed by atoms with Gasteiger partial charge >= 0.3 is 54.8 Å². The molecule has 0 heterocycles. The third-order valence-electron chi connectivity index (χ3n) is 2.01. The van der Waals surface area contributed by atoms with Crippen molar-refractivity contribution >= 4 is 28.0 Å². The van der Waals surface area contributed by atoms with E-state index in [9.17, 15) is 52.7 Å². The fourth-order valence-electron chi connectivity index (χ4n) is 1.06. The first kappa shape index (κ1) is 33.4. The van der Waals surface area contributed by atoms with Crippen LogP contribution in [0.5, 0.6) is 0 Å². The zero-order valence-corrected chi connectivity index (χ0v) is 17.7. The van der Waals surface area contributed by atoms with Gasteiger partial charge in [0.1, 0.15) is 0 Å². The molecule has 0 rings (SSSR count). The summed E-state index contributed by atoms with van der Waals surface area (Å²) in [5, 5.41) is 11.5. The van der Waals surface area contributed by atoms with E-state index in [-0.39, 0.29) is 41.6 Å². The fourth-order valence-corrected chi connectivity index (χ4v) is 1.78. The predicted octanol–water partition coefficient (Wildman–Crippen LogP) is 0.927. The van der Waals surface area contributed by atoms with Crippen LogP contribution in [-0.4, -0.2) is 59.2 Å². The average molecular weight is 543 g/mol. The van der Waals surface area contributed by atoms with Crippen molar-refractivity contribution in [3.63, 3.8) is 0 Å². The molecule has 0 fully saturated rings. The van der Waals surface area contributed by atoms with E-state index in [0.29, 0.717) is 0 Å². The molecule has 166 valence electrons. The largest absolute Gasteiger partial charge is 1.00 e. The van der Waals surface area contributed by atoms with Gasteiger partial charge in [0.2, 0.25) is 0 Å². The van der Waals surface area contributed by atoms with E-state index in [4.69, 9.17) is 5.26 Å². The summed E-state index contributed by atoms with van der Waals surface area (Å²) in [7, 11) is 0. The van der Waals surface area contributed by atoms with Gasteiger partial charge in [-0.15, -0.1) is 9.80 Å². The van der Waals surface area contributed by atoms with Crippen LogP contribution in [0, 0.1) is 0 Å². The van der Waals surface area contributed by atoms with Crippen LogP contribution in [0.4, 0.5) is 52.7 Å². The van der Waals surface area contributed by atoms with Gasteiger partial charge in [0.15, 0.2) is 0 Å². The van der Waals surface area contributed by atoms with Gasteiger partial charge in [0.25, 0.3) is 0 Å². The van der Waals surface area contributed by atoms with E-state index in [2.05, 4.69) is 25.3 Å². The van der Waals surface area contributed by atoms with E-state index < -0.39 is 59.2 Å². The molecule has 0 amide bonds. The number of rotatable bonds is 7. The van der Waals surface area contributed by atoms with Crippen molar-refractivity contribution in [2.75, 3.05) is 24.2 Å². The zero-order valence-electron chi connectivity index (χ0n) is 13.3. The molecule has 0 N–H and O–H groups in total. The molecule has 0 aliphatic rings. The molecule has 0 atom stereocenters. The SMILES string of the molecule is FC(F)(F)N(CCBr)C(F)(F)F.[Na+].[O-]OOSCCN(C(F)(F)F)C(F)(F)F. The third kappa shape index (κ3) is 15.6. The minimum atomic E-state index is -5.53. The van der Waals surface area contributed by atoms with Crippen molar-refractivity contribution in [2.24, 2.45) is 0 Å². The Hall–Kier alpha value is 0.790. The first-order chi connectivity index (χ1) is 11.9. The standard InChI is InChI=1S/C4H4BrF6N.C4H5F6NO3S.Na/c5-1-2-12(3(6,7)8)4(9,10)11;5-3(6,7)11(4(8,9)10)1-2-15-14-13-12;/h1-2H2;12H,1-2H2;/q;;+1/p-1. The van der Waals surface area contributed by atoms with E-state index in [1.54, 1.807) is 0 Å². The van der Waals surface area contributed by atoms with Crippen LogP contribution in [-0.2, 0) is 9.37 Å². The molecule has 0 saturated carbocycles. The summed E-state index contributed by atoms with van der Waals surface area (Å²) in [4.78, 5) is -3.13. The van der Waals surface area contributed by atoms with E-state index in [1.807, 2.05) is 0 Å². The van der Waals surface area contributed by atoms with Crippen LogP contribution in [0.25, 0.3) is 0 Å². The smallest absolute Gasteiger partial charge is 0.691 e. The molecule has 0 aromatic heterocycles. The maximum Gasteiger partial charge on any atom is 1.00 e. The quantitative estimate of drug-likeness (QED) is 0.0697. The van der Waals surface area contributed by atoms with Crippen LogP contribution < -0.4 is 34.8 Å². The van der Waals surface area contributed by atoms with Crippen LogP contribution in [0.1, 0.15) is 0 Å². The summed E-state index contributed by atoms with van der Waals surface area (Å²) >= 11 is 2.53. The van der Waals surface area contributed by atoms with Gasteiger partial charge in [-0.3, -0.25) is 5.04 Å². The van der Waals surface area contributed by atoms with Crippen molar-refractivity contribution in [2.45, 2.75) is 25.2 Å². The molecular formula is C8H8BrF12N2NaO3S. The van der Waals surface area contributed by atoms with Crippen LogP contribution in [0.2, 0.25) is 0 Å². The molecule has 0 aromatic carbocycles. The molecule has 0 unspecified atom stereocenters. The average Bonchev–Trinajstić information content (AvgIpc) is 2.40. The van der Waals surface area contributed by atoms with Crippen LogP contribution in [0.3, 0.4) is 0 Å². The monoisotopic (exact) mass is 542 g/mol. The minimum Gasteiger partial charge on any atom is -0.691 e. The Bertz CT molecular complexity index is 380. The van der Waals surface area contributed by atoms with Gasteiger partial charge in [-0.05, 0) is 0 Å². The molecule has 0 aromatic rings. The first-order valence-electron chi connectivity index (χ1n) is 5.85. The number of alkyl halides is 13. The third-order valence-corrected chi connectivity index (χ3v) is 2.86. The fraction of sp³-hybridized carbons (Fsp3) is 1.00. The Balaban J connectivity index is -0.000000441. The van der Waals surface area contributed by atoms with E-state index in [1.165, 1.54) is 0 Å². The Labute approximate surface area is 183 Å². The number of halogens is 13. The molecule has 5 nitrogen and oxygen atoms in total. The van der Waals surface area contributed by atoms with E-state index >= 15 is 0 Å². The Morgan fingerprint density at radius 1 is 0.714 bits per heavy atom. The number of hydrogen-bond donors (Lipinski definition) is 0. The summed E-state index contributed by atoms with van der Waals surface area (Å²) in [6.07, 6.45) is -21.8. The molecule has 0 aliphatic heterocycles. The minimum absolute atomic E-state index is 0. The topological polar surface area (TPSA) is 48.0 Å². The van der Waals surface area contributed by atoms with Crippen molar-refractivity contribution in [1.82, 2.24) is 9.80 Å². The predicted molar refractivity (Wildman–Crippen MR) is 66.1 cm³/mol. The summed E-state index contributed by atoms with van der Waals surface area (Å²) < 4.78 is 144. The molecule has 0 aliphatic carbocycles. The van der Waals surface area contributed by atoms with Gasteiger partial charge in [-0.25, -0.2) is 0 Å². The molecule has 0 saturated heterocycles. The maximum atomic E-state index is 11.8. The Morgan fingerprint density at radius 2 is 1.04 bits per heavy atom.